The van der Waals surface area contributed by atoms with Crippen LogP contribution in [-0.2, 0) is 5.60 Å². The molecule has 0 bridgehead atoms. The smallest absolute Gasteiger partial charge is 0.114 e. The van der Waals surface area contributed by atoms with Crippen molar-refractivity contribution in [3.63, 3.8) is 0 Å². The number of hydrogen-bond acceptors (Lipinski definition) is 2. The molecule has 1 rings (SSSR count). The van der Waals surface area contributed by atoms with Gasteiger partial charge in [0.05, 0.1) is 0 Å². The Kier molecular flexibility index (Phi) is 1.92. The van der Waals surface area contributed by atoms with Crippen molar-refractivity contribution in [2.75, 3.05) is 0 Å². The quantitative estimate of drug-likeness (QED) is 0.647. The Balaban J connectivity index is 2.95. The van der Waals surface area contributed by atoms with Crippen LogP contribution in [0.4, 0.5) is 0 Å². The lowest BCUT2D eigenvalue weighted by atomic mass is 10.1. The van der Waals surface area contributed by atoms with Gasteiger partial charge in [-0.1, -0.05) is 18.7 Å². The molecule has 54 valence electrons. The summed E-state index contributed by atoms with van der Waals surface area (Å²) >= 11 is 1.53. The highest BCUT2D eigenvalue weighted by molar-refractivity contribution is 7.10. The van der Waals surface area contributed by atoms with Crippen molar-refractivity contribution in [1.82, 2.24) is 0 Å². The van der Waals surface area contributed by atoms with Gasteiger partial charge in [0.25, 0.3) is 0 Å². The van der Waals surface area contributed by atoms with Crippen molar-refractivity contribution >= 4 is 11.3 Å². The fraction of sp³-hybridized carbons (Fsp3) is 0.250. The van der Waals surface area contributed by atoms with Gasteiger partial charge in [-0.3, -0.25) is 0 Å². The largest absolute Gasteiger partial charge is 0.380 e. The maximum atomic E-state index is 9.58. The van der Waals surface area contributed by atoms with Crippen LogP contribution in [0.1, 0.15) is 11.8 Å². The Morgan fingerprint density at radius 1 is 1.80 bits per heavy atom. The molecule has 1 nitrogen and oxygen atoms in total. The van der Waals surface area contributed by atoms with E-state index in [4.69, 9.17) is 0 Å². The third-order valence-corrected chi connectivity index (χ3v) is 2.51. The van der Waals surface area contributed by atoms with E-state index in [-0.39, 0.29) is 0 Å². The van der Waals surface area contributed by atoms with Gasteiger partial charge in [0.15, 0.2) is 0 Å². The second-order valence-corrected chi connectivity index (χ2v) is 3.28. The van der Waals surface area contributed by atoms with E-state index in [1.54, 1.807) is 13.0 Å². The van der Waals surface area contributed by atoms with E-state index in [9.17, 15) is 5.11 Å². The topological polar surface area (TPSA) is 20.2 Å². The lowest BCUT2D eigenvalue weighted by Crippen LogP contribution is -2.14. The molecule has 10 heavy (non-hydrogen) atoms. The van der Waals surface area contributed by atoms with Crippen LogP contribution in [-0.4, -0.2) is 5.11 Å². The van der Waals surface area contributed by atoms with E-state index in [1.807, 2.05) is 17.5 Å². The first-order chi connectivity index (χ1) is 4.67. The van der Waals surface area contributed by atoms with Gasteiger partial charge in [0.2, 0.25) is 0 Å². The molecule has 0 aliphatic rings. The van der Waals surface area contributed by atoms with Crippen LogP contribution in [0.3, 0.4) is 0 Å². The van der Waals surface area contributed by atoms with Crippen molar-refractivity contribution in [2.45, 2.75) is 12.5 Å². The molecule has 0 fully saturated rings. The Morgan fingerprint density at radius 2 is 2.50 bits per heavy atom. The van der Waals surface area contributed by atoms with Crippen molar-refractivity contribution in [3.8, 4) is 0 Å². The lowest BCUT2D eigenvalue weighted by molar-refractivity contribution is 0.115. The SMILES string of the molecule is C=CC(C)(O)c1cccs1. The molecule has 1 unspecified atom stereocenters. The van der Waals surface area contributed by atoms with Crippen LogP contribution < -0.4 is 0 Å². The average Bonchev–Trinajstić information content (AvgIpc) is 2.38. The molecule has 0 aliphatic heterocycles. The van der Waals surface area contributed by atoms with Gasteiger partial charge in [-0.05, 0) is 18.4 Å². The summed E-state index contributed by atoms with van der Waals surface area (Å²) in [7, 11) is 0. The van der Waals surface area contributed by atoms with Crippen LogP contribution in [0.15, 0.2) is 30.2 Å². The summed E-state index contributed by atoms with van der Waals surface area (Å²) in [5, 5.41) is 11.5. The van der Waals surface area contributed by atoms with Gasteiger partial charge in [-0.15, -0.1) is 11.3 Å². The minimum absolute atomic E-state index is 0.853. The van der Waals surface area contributed by atoms with E-state index in [1.165, 1.54) is 11.3 Å². The minimum Gasteiger partial charge on any atom is -0.380 e. The summed E-state index contributed by atoms with van der Waals surface area (Å²) in [6.45, 7) is 5.27. The van der Waals surface area contributed by atoms with E-state index >= 15 is 0 Å². The van der Waals surface area contributed by atoms with E-state index < -0.39 is 5.60 Å². The third kappa shape index (κ3) is 1.28. The van der Waals surface area contributed by atoms with Crippen molar-refractivity contribution in [1.29, 1.82) is 0 Å². The summed E-state index contributed by atoms with van der Waals surface area (Å²) in [5.41, 5.74) is -0.853. The molecule has 1 aromatic heterocycles. The van der Waals surface area contributed by atoms with Crippen molar-refractivity contribution in [3.05, 3.63) is 35.0 Å². The molecular weight excluding hydrogens is 144 g/mol. The zero-order valence-corrected chi connectivity index (χ0v) is 6.69. The Labute approximate surface area is 64.6 Å². The van der Waals surface area contributed by atoms with Gasteiger partial charge in [0.1, 0.15) is 5.60 Å². The fourth-order valence-electron chi connectivity index (χ4n) is 0.667. The van der Waals surface area contributed by atoms with Gasteiger partial charge in [-0.25, -0.2) is 0 Å². The first-order valence-electron chi connectivity index (χ1n) is 3.07. The molecule has 0 aliphatic carbocycles. The second-order valence-electron chi connectivity index (χ2n) is 2.33. The molecule has 1 N–H and O–H groups in total. The highest BCUT2D eigenvalue weighted by Crippen LogP contribution is 2.25. The Morgan fingerprint density at radius 3 is 2.90 bits per heavy atom. The van der Waals surface area contributed by atoms with Gasteiger partial charge < -0.3 is 5.11 Å². The number of thiophene rings is 1. The van der Waals surface area contributed by atoms with Crippen molar-refractivity contribution in [2.24, 2.45) is 0 Å². The molecule has 0 saturated heterocycles. The lowest BCUT2D eigenvalue weighted by Gasteiger charge is -2.15. The molecule has 1 atom stereocenters. The first-order valence-corrected chi connectivity index (χ1v) is 3.95. The summed E-state index contributed by atoms with van der Waals surface area (Å²) in [5.74, 6) is 0. The minimum atomic E-state index is -0.853. The maximum absolute atomic E-state index is 9.58. The summed E-state index contributed by atoms with van der Waals surface area (Å²) < 4.78 is 0. The van der Waals surface area contributed by atoms with Crippen molar-refractivity contribution < 1.29 is 5.11 Å². The van der Waals surface area contributed by atoms with Crippen LogP contribution in [0.25, 0.3) is 0 Å². The van der Waals surface area contributed by atoms with Crippen LogP contribution in [0, 0.1) is 0 Å². The van der Waals surface area contributed by atoms with Gasteiger partial charge in [-0.2, -0.15) is 0 Å². The van der Waals surface area contributed by atoms with Crippen LogP contribution in [0.2, 0.25) is 0 Å². The van der Waals surface area contributed by atoms with Gasteiger partial charge >= 0.3 is 0 Å². The third-order valence-electron chi connectivity index (χ3n) is 1.42. The summed E-state index contributed by atoms with van der Waals surface area (Å²) in [6.07, 6.45) is 1.54. The monoisotopic (exact) mass is 154 g/mol. The summed E-state index contributed by atoms with van der Waals surface area (Å²) in [4.78, 5) is 0.933. The molecule has 0 amide bonds. The Hall–Kier alpha value is -0.600. The Bertz CT molecular complexity index is 211. The normalized spacial score (nSPS) is 16.2. The number of rotatable bonds is 2. The standard InChI is InChI=1S/C8H10OS/c1-3-8(2,9)7-5-4-6-10-7/h3-6,9H,1H2,2H3. The van der Waals surface area contributed by atoms with Crippen LogP contribution in [0.5, 0.6) is 0 Å². The fourth-order valence-corrected chi connectivity index (χ4v) is 1.45. The van der Waals surface area contributed by atoms with E-state index in [2.05, 4.69) is 6.58 Å². The zero-order chi connectivity index (χ0) is 7.61. The molecule has 0 radical (unpaired) electrons. The van der Waals surface area contributed by atoms with E-state index in [0.29, 0.717) is 0 Å². The van der Waals surface area contributed by atoms with Gasteiger partial charge in [0, 0.05) is 4.88 Å². The maximum Gasteiger partial charge on any atom is 0.114 e. The average molecular weight is 154 g/mol. The summed E-state index contributed by atoms with van der Waals surface area (Å²) in [6, 6.07) is 3.81. The number of aliphatic hydroxyl groups is 1. The predicted molar refractivity (Wildman–Crippen MR) is 44.1 cm³/mol. The molecule has 0 aromatic carbocycles. The highest BCUT2D eigenvalue weighted by Gasteiger charge is 2.18. The molecule has 0 saturated carbocycles. The zero-order valence-electron chi connectivity index (χ0n) is 5.87. The molecule has 1 heterocycles. The highest BCUT2D eigenvalue weighted by atomic mass is 32.1. The number of hydrogen-bond donors (Lipinski definition) is 1. The predicted octanol–water partition coefficient (Wildman–Crippen LogP) is 2.14. The molecular formula is C8H10OS. The van der Waals surface area contributed by atoms with E-state index in [0.717, 1.165) is 4.88 Å². The molecule has 1 aromatic rings. The molecule has 0 spiro atoms. The second kappa shape index (κ2) is 2.56. The molecule has 2 heteroatoms. The first kappa shape index (κ1) is 7.51. The van der Waals surface area contributed by atoms with Crippen LogP contribution >= 0.6 is 11.3 Å².